The van der Waals surface area contributed by atoms with Crippen molar-refractivity contribution in [3.05, 3.63) is 53.8 Å². The maximum absolute atomic E-state index is 13.3. The number of likely N-dealkylation sites (N-methyl/N-ethyl adjacent to an activating group) is 1. The molecule has 0 aromatic heterocycles. The van der Waals surface area contributed by atoms with Crippen molar-refractivity contribution in [3.8, 4) is 5.75 Å². The largest absolute Gasteiger partial charge is 0.452 e. The van der Waals surface area contributed by atoms with Gasteiger partial charge in [0.25, 0.3) is 0 Å². The molecule has 9 nitrogen and oxygen atoms in total. The highest BCUT2D eigenvalue weighted by Crippen LogP contribution is 2.39. The summed E-state index contributed by atoms with van der Waals surface area (Å²) in [6.45, 7) is 4.18. The third kappa shape index (κ3) is 4.70. The quantitative estimate of drug-likeness (QED) is 0.664. The molecule has 2 heterocycles. The number of amides is 2. The van der Waals surface area contributed by atoms with E-state index in [4.69, 9.17) is 9.47 Å². The standard InChI is InChI=1S/C24H30FN4O5/c1-16-14-27(23(31)34-20-7-5-19(25)6-8-20)22-12-17(4-9-21(22)28(16)24(32)33-3)18-13-26-29(2,15-18)10-11-30/h4-9,12,16,18,26,30H,10-11,13-15H2,1-3H3/q+1/t16-,18?,29?/m0/s1. The number of aliphatic hydroxyl groups is 1. The third-order valence-corrected chi connectivity index (χ3v) is 6.46. The molecule has 0 aliphatic carbocycles. The van der Waals surface area contributed by atoms with E-state index in [0.717, 1.165) is 12.1 Å². The highest BCUT2D eigenvalue weighted by atomic mass is 19.1. The van der Waals surface area contributed by atoms with Crippen LogP contribution in [-0.2, 0) is 4.74 Å². The number of carbonyl (C=O) groups is 2. The van der Waals surface area contributed by atoms with Gasteiger partial charge in [-0.25, -0.2) is 18.6 Å². The molecule has 0 radical (unpaired) electrons. The molecule has 2 amide bonds. The van der Waals surface area contributed by atoms with Crippen molar-refractivity contribution >= 4 is 23.6 Å². The molecular formula is C24H30FN4O5+. The van der Waals surface area contributed by atoms with Gasteiger partial charge in [0.05, 0.1) is 57.2 Å². The molecule has 1 saturated heterocycles. The first kappa shape index (κ1) is 23.9. The van der Waals surface area contributed by atoms with Gasteiger partial charge in [-0.05, 0) is 48.9 Å². The van der Waals surface area contributed by atoms with Crippen LogP contribution in [0.25, 0.3) is 0 Å². The van der Waals surface area contributed by atoms with Crippen LogP contribution in [-0.4, -0.2) is 74.9 Å². The van der Waals surface area contributed by atoms with Crippen LogP contribution in [0.4, 0.5) is 25.4 Å². The van der Waals surface area contributed by atoms with Crippen molar-refractivity contribution in [2.75, 3.05) is 56.7 Å². The Bertz CT molecular complexity index is 1070. The summed E-state index contributed by atoms with van der Waals surface area (Å²) >= 11 is 0. The summed E-state index contributed by atoms with van der Waals surface area (Å²) in [6.07, 6.45) is -1.13. The fraction of sp³-hybridized carbons (Fsp3) is 0.417. The Morgan fingerprint density at radius 2 is 1.91 bits per heavy atom. The van der Waals surface area contributed by atoms with Crippen LogP contribution in [0.1, 0.15) is 18.4 Å². The van der Waals surface area contributed by atoms with E-state index in [1.165, 1.54) is 41.2 Å². The van der Waals surface area contributed by atoms with Gasteiger partial charge in [0.15, 0.2) is 0 Å². The summed E-state index contributed by atoms with van der Waals surface area (Å²) < 4.78 is 24.3. The Hall–Kier alpha value is -3.21. The first-order chi connectivity index (χ1) is 16.2. The molecule has 2 unspecified atom stereocenters. The van der Waals surface area contributed by atoms with Crippen LogP contribution in [0.5, 0.6) is 5.75 Å². The number of carbonyl (C=O) groups excluding carboxylic acids is 2. The fourth-order valence-electron chi connectivity index (χ4n) is 4.66. The molecule has 2 aliphatic heterocycles. The number of halogens is 1. The van der Waals surface area contributed by atoms with Gasteiger partial charge in [0.1, 0.15) is 24.7 Å². The van der Waals surface area contributed by atoms with E-state index in [9.17, 15) is 19.1 Å². The van der Waals surface area contributed by atoms with Crippen LogP contribution >= 0.6 is 0 Å². The molecule has 2 aliphatic rings. The summed E-state index contributed by atoms with van der Waals surface area (Å²) in [5, 5.41) is 9.38. The van der Waals surface area contributed by atoms with E-state index in [-0.39, 0.29) is 30.9 Å². The zero-order chi connectivity index (χ0) is 24.5. The smallest absolute Gasteiger partial charge is 0.419 e. The van der Waals surface area contributed by atoms with E-state index < -0.39 is 18.0 Å². The third-order valence-electron chi connectivity index (χ3n) is 6.46. The molecule has 1 fully saturated rings. The number of aliphatic hydroxyl groups excluding tert-OH is 1. The summed E-state index contributed by atoms with van der Waals surface area (Å²) in [5.74, 6) is -0.0427. The van der Waals surface area contributed by atoms with Gasteiger partial charge in [-0.3, -0.25) is 9.80 Å². The van der Waals surface area contributed by atoms with Crippen LogP contribution in [0.3, 0.4) is 0 Å². The van der Waals surface area contributed by atoms with Crippen LogP contribution in [0.2, 0.25) is 0 Å². The van der Waals surface area contributed by atoms with Gasteiger partial charge >= 0.3 is 12.2 Å². The Morgan fingerprint density at radius 3 is 2.59 bits per heavy atom. The average molecular weight is 474 g/mol. The first-order valence-corrected chi connectivity index (χ1v) is 11.2. The van der Waals surface area contributed by atoms with Gasteiger partial charge in [-0.2, -0.15) is 5.43 Å². The number of hydrogen-bond acceptors (Lipinski definition) is 6. The van der Waals surface area contributed by atoms with Crippen LogP contribution in [0, 0.1) is 5.82 Å². The molecule has 0 bridgehead atoms. The Kier molecular flexibility index (Phi) is 6.74. The predicted octanol–water partition coefficient (Wildman–Crippen LogP) is 2.85. The molecule has 3 atom stereocenters. The van der Waals surface area contributed by atoms with Crippen molar-refractivity contribution < 1.29 is 33.2 Å². The minimum absolute atomic E-state index is 0.0788. The molecule has 0 spiro atoms. The van der Waals surface area contributed by atoms with E-state index in [1.54, 1.807) is 0 Å². The lowest BCUT2D eigenvalue weighted by atomic mass is 9.96. The average Bonchev–Trinajstić information content (AvgIpc) is 3.21. The second-order valence-corrected chi connectivity index (χ2v) is 8.95. The second kappa shape index (κ2) is 9.57. The number of hydrogen-bond donors (Lipinski definition) is 2. The Labute approximate surface area is 197 Å². The summed E-state index contributed by atoms with van der Waals surface area (Å²) in [7, 11) is 3.35. The van der Waals surface area contributed by atoms with E-state index >= 15 is 0 Å². The lowest BCUT2D eigenvalue weighted by Gasteiger charge is -2.40. The van der Waals surface area contributed by atoms with Gasteiger partial charge < -0.3 is 14.6 Å². The molecule has 0 saturated carbocycles. The number of nitrogens with one attached hydrogen (secondary N) is 1. The highest BCUT2D eigenvalue weighted by Gasteiger charge is 2.39. The van der Waals surface area contributed by atoms with Crippen LogP contribution in [0.15, 0.2) is 42.5 Å². The predicted molar refractivity (Wildman–Crippen MR) is 124 cm³/mol. The number of methoxy groups -OCH3 is 1. The van der Waals surface area contributed by atoms with Gasteiger partial charge in [-0.15, -0.1) is 0 Å². The zero-order valence-corrected chi connectivity index (χ0v) is 19.5. The zero-order valence-electron chi connectivity index (χ0n) is 19.5. The molecule has 34 heavy (non-hydrogen) atoms. The number of anilines is 2. The summed E-state index contributed by atoms with van der Waals surface area (Å²) in [4.78, 5) is 28.7. The van der Waals surface area contributed by atoms with Crippen molar-refractivity contribution in [2.24, 2.45) is 0 Å². The SMILES string of the molecule is COC(=O)N1c2ccc(C3CN[N+](C)(CCO)C3)cc2N(C(=O)Oc2ccc(F)cc2)C[C@@H]1C. The number of benzene rings is 2. The topological polar surface area (TPSA) is 91.3 Å². The maximum Gasteiger partial charge on any atom is 0.419 e. The van der Waals surface area contributed by atoms with E-state index in [0.29, 0.717) is 29.1 Å². The lowest BCUT2D eigenvalue weighted by Crippen LogP contribution is -2.52. The number of ether oxygens (including phenoxy) is 2. The van der Waals surface area contributed by atoms with Crippen molar-refractivity contribution in [1.82, 2.24) is 5.43 Å². The lowest BCUT2D eigenvalue weighted by molar-refractivity contribution is -0.940. The number of quaternary nitrogens is 1. The van der Waals surface area contributed by atoms with Gasteiger partial charge in [-0.1, -0.05) is 6.07 Å². The number of rotatable bonds is 4. The molecule has 2 aromatic rings. The Morgan fingerprint density at radius 1 is 1.18 bits per heavy atom. The maximum atomic E-state index is 13.3. The molecule has 182 valence electrons. The molecule has 4 rings (SSSR count). The molecule has 2 N–H and O–H groups in total. The second-order valence-electron chi connectivity index (χ2n) is 8.95. The van der Waals surface area contributed by atoms with Crippen molar-refractivity contribution in [3.63, 3.8) is 0 Å². The fourth-order valence-corrected chi connectivity index (χ4v) is 4.66. The highest BCUT2D eigenvalue weighted by molar-refractivity contribution is 6.01. The molecule has 10 heteroatoms. The number of fused-ring (bicyclic) bond motifs is 1. The van der Waals surface area contributed by atoms with Crippen LogP contribution < -0.4 is 20.0 Å². The number of nitrogens with zero attached hydrogens (tertiary/aromatic N) is 3. The van der Waals surface area contributed by atoms with Gasteiger partial charge in [0, 0.05) is 0 Å². The van der Waals surface area contributed by atoms with Gasteiger partial charge in [0.2, 0.25) is 0 Å². The van der Waals surface area contributed by atoms with Crippen molar-refractivity contribution in [1.29, 1.82) is 0 Å². The normalized spacial score (nSPS) is 24.0. The minimum atomic E-state index is -0.619. The molecular weight excluding hydrogens is 443 g/mol. The summed E-state index contributed by atoms with van der Waals surface area (Å²) in [5.41, 5.74) is 5.52. The molecule has 2 aromatic carbocycles. The monoisotopic (exact) mass is 473 g/mol. The van der Waals surface area contributed by atoms with Crippen molar-refractivity contribution in [2.45, 2.75) is 18.9 Å². The van der Waals surface area contributed by atoms with E-state index in [1.807, 2.05) is 32.2 Å². The van der Waals surface area contributed by atoms with E-state index in [2.05, 4.69) is 5.43 Å². The minimum Gasteiger partial charge on any atom is -0.452 e. The Balaban J connectivity index is 1.67. The first-order valence-electron chi connectivity index (χ1n) is 11.2. The summed E-state index contributed by atoms with van der Waals surface area (Å²) in [6, 6.07) is 10.6.